The Morgan fingerprint density at radius 2 is 1.88 bits per heavy atom. The summed E-state index contributed by atoms with van der Waals surface area (Å²) in [5.41, 5.74) is 5.00. The predicted molar refractivity (Wildman–Crippen MR) is 85.0 cm³/mol. The van der Waals surface area contributed by atoms with Crippen molar-refractivity contribution in [1.82, 2.24) is 9.62 Å². The van der Waals surface area contributed by atoms with Crippen molar-refractivity contribution in [2.45, 2.75) is 23.8 Å². The summed E-state index contributed by atoms with van der Waals surface area (Å²) in [6.45, 7) is 0.123. The highest BCUT2D eigenvalue weighted by molar-refractivity contribution is 7.97. The molecule has 2 rings (SSSR count). The van der Waals surface area contributed by atoms with Gasteiger partial charge in [0.15, 0.2) is 0 Å². The number of carboxylic acid groups (broad SMARTS) is 2. The van der Waals surface area contributed by atoms with Gasteiger partial charge in [-0.3, -0.25) is 24.0 Å². The van der Waals surface area contributed by atoms with Crippen LogP contribution in [0.15, 0.2) is 35.2 Å². The molecule has 1 saturated heterocycles. The van der Waals surface area contributed by atoms with Gasteiger partial charge in [0, 0.05) is 11.3 Å². The van der Waals surface area contributed by atoms with Crippen LogP contribution < -0.4 is 11.1 Å². The highest BCUT2D eigenvalue weighted by Gasteiger charge is 2.27. The molecule has 1 aromatic carbocycles. The Balaban J connectivity index is 0.000000257. The molecule has 1 aromatic rings. The normalized spacial score (nSPS) is 14.5. The van der Waals surface area contributed by atoms with Crippen LogP contribution >= 0.6 is 11.9 Å². The lowest BCUT2D eigenvalue weighted by atomic mass is 10.2. The Kier molecular flexibility index (Phi) is 7.72. The molecule has 0 aromatic heterocycles. The van der Waals surface area contributed by atoms with Gasteiger partial charge in [-0.1, -0.05) is 18.2 Å². The maximum absolute atomic E-state index is 11.2. The van der Waals surface area contributed by atoms with Crippen LogP contribution in [0.4, 0.5) is 4.79 Å². The predicted octanol–water partition coefficient (Wildman–Crippen LogP) is 0.509. The van der Waals surface area contributed by atoms with E-state index in [1.807, 2.05) is 30.3 Å². The lowest BCUT2D eigenvalue weighted by Crippen LogP contribution is -2.30. The molecule has 9 nitrogen and oxygen atoms in total. The fourth-order valence-electron chi connectivity index (χ4n) is 1.51. The molecule has 0 bridgehead atoms. The summed E-state index contributed by atoms with van der Waals surface area (Å²) in [4.78, 5) is 42.8. The van der Waals surface area contributed by atoms with E-state index in [1.54, 1.807) is 0 Å². The van der Waals surface area contributed by atoms with Crippen LogP contribution in [0.1, 0.15) is 12.8 Å². The summed E-state index contributed by atoms with van der Waals surface area (Å²) in [6.07, 6.45) is -0.224. The van der Waals surface area contributed by atoms with Gasteiger partial charge in [0.05, 0.1) is 0 Å². The zero-order valence-corrected chi connectivity index (χ0v) is 13.4. The van der Waals surface area contributed by atoms with E-state index in [0.717, 1.165) is 4.90 Å². The molecule has 0 spiro atoms. The van der Waals surface area contributed by atoms with Crippen molar-refractivity contribution in [2.24, 2.45) is 5.73 Å². The molecular weight excluding hydrogens is 338 g/mol. The molecule has 3 amide bonds. The molecule has 0 saturated carbocycles. The van der Waals surface area contributed by atoms with Crippen molar-refractivity contribution in [3.8, 4) is 0 Å². The summed E-state index contributed by atoms with van der Waals surface area (Å²) in [6, 6.07) is 8.05. The SMILES string of the molecule is NC(CCC(=O)O)C(=O)O.O=C1CN(Sc2ccccc2)C(=O)N1. The van der Waals surface area contributed by atoms with E-state index >= 15 is 0 Å². The molecule has 0 radical (unpaired) electrons. The number of nitrogens with zero attached hydrogens (tertiary/aromatic N) is 1. The van der Waals surface area contributed by atoms with E-state index in [4.69, 9.17) is 15.9 Å². The number of hydrogen-bond acceptors (Lipinski definition) is 6. The fraction of sp³-hybridized carbons (Fsp3) is 0.286. The third-order valence-electron chi connectivity index (χ3n) is 2.71. The van der Waals surface area contributed by atoms with Crippen molar-refractivity contribution >= 4 is 35.8 Å². The van der Waals surface area contributed by atoms with Gasteiger partial charge in [-0.2, -0.15) is 0 Å². The first kappa shape index (κ1) is 19.5. The van der Waals surface area contributed by atoms with Gasteiger partial charge in [-0.05, 0) is 30.5 Å². The van der Waals surface area contributed by atoms with Crippen LogP contribution in [0.5, 0.6) is 0 Å². The van der Waals surface area contributed by atoms with Gasteiger partial charge in [-0.15, -0.1) is 0 Å². The topological polar surface area (TPSA) is 150 Å². The maximum atomic E-state index is 11.2. The molecule has 1 heterocycles. The van der Waals surface area contributed by atoms with Crippen LogP contribution in [0.25, 0.3) is 0 Å². The fourth-order valence-corrected chi connectivity index (χ4v) is 2.35. The van der Waals surface area contributed by atoms with Crippen LogP contribution in [0.3, 0.4) is 0 Å². The minimum absolute atomic E-state index is 0.0231. The third kappa shape index (κ3) is 7.11. The maximum Gasteiger partial charge on any atom is 0.334 e. The summed E-state index contributed by atoms with van der Waals surface area (Å²) < 4.78 is 1.40. The van der Waals surface area contributed by atoms with E-state index in [9.17, 15) is 19.2 Å². The minimum atomic E-state index is -1.17. The Morgan fingerprint density at radius 1 is 1.25 bits per heavy atom. The zero-order valence-electron chi connectivity index (χ0n) is 12.5. The van der Waals surface area contributed by atoms with E-state index in [1.165, 1.54) is 16.3 Å². The highest BCUT2D eigenvalue weighted by atomic mass is 32.2. The molecule has 1 aliphatic heterocycles. The molecule has 1 atom stereocenters. The van der Waals surface area contributed by atoms with Gasteiger partial charge in [-0.25, -0.2) is 4.79 Å². The summed E-state index contributed by atoms with van der Waals surface area (Å²) in [5.74, 6) is -2.45. The van der Waals surface area contributed by atoms with Crippen LogP contribution in [0, 0.1) is 0 Å². The molecule has 1 fully saturated rings. The number of nitrogens with one attached hydrogen (secondary N) is 1. The van der Waals surface area contributed by atoms with E-state index in [-0.39, 0.29) is 31.3 Å². The van der Waals surface area contributed by atoms with Gasteiger partial charge in [0.1, 0.15) is 12.6 Å². The Bertz CT molecular complexity index is 610. The van der Waals surface area contributed by atoms with Gasteiger partial charge < -0.3 is 15.9 Å². The van der Waals surface area contributed by atoms with E-state index in [2.05, 4.69) is 5.32 Å². The number of urea groups is 1. The number of hydrogen-bond donors (Lipinski definition) is 4. The summed E-state index contributed by atoms with van der Waals surface area (Å²) >= 11 is 1.26. The number of carbonyl (C=O) groups excluding carboxylic acids is 2. The second-order valence-corrected chi connectivity index (χ2v) is 5.77. The number of rotatable bonds is 6. The molecule has 24 heavy (non-hydrogen) atoms. The number of benzene rings is 1. The molecule has 5 N–H and O–H groups in total. The van der Waals surface area contributed by atoms with Gasteiger partial charge in [0.25, 0.3) is 0 Å². The smallest absolute Gasteiger partial charge is 0.334 e. The van der Waals surface area contributed by atoms with Crippen molar-refractivity contribution in [1.29, 1.82) is 0 Å². The number of carbonyl (C=O) groups is 4. The first-order valence-electron chi connectivity index (χ1n) is 6.84. The molecule has 1 unspecified atom stereocenters. The standard InChI is InChI=1S/C9H8N2O2S.C5H9NO4/c12-8-6-11(9(13)10-8)14-7-4-2-1-3-5-7;6-3(5(9)10)1-2-4(7)8/h1-5H,6H2,(H,10,12,13);3H,1-2,6H2,(H,7,8)(H,9,10). The Labute approximate surface area is 141 Å². The van der Waals surface area contributed by atoms with E-state index < -0.39 is 18.0 Å². The van der Waals surface area contributed by atoms with Crippen molar-refractivity contribution in [3.05, 3.63) is 30.3 Å². The zero-order chi connectivity index (χ0) is 18.1. The number of amides is 3. The number of imide groups is 1. The van der Waals surface area contributed by atoms with Crippen molar-refractivity contribution in [3.63, 3.8) is 0 Å². The van der Waals surface area contributed by atoms with Crippen LogP contribution in [-0.2, 0) is 14.4 Å². The Hall–Kier alpha value is -2.59. The number of nitrogens with two attached hydrogens (primary N) is 1. The molecule has 130 valence electrons. The highest BCUT2D eigenvalue weighted by Crippen LogP contribution is 2.23. The largest absolute Gasteiger partial charge is 0.481 e. The average Bonchev–Trinajstić information content (AvgIpc) is 2.84. The third-order valence-corrected chi connectivity index (χ3v) is 3.70. The molecule has 1 aliphatic rings. The first-order chi connectivity index (χ1) is 11.3. The lowest BCUT2D eigenvalue weighted by molar-refractivity contribution is -0.139. The van der Waals surface area contributed by atoms with Gasteiger partial charge in [0.2, 0.25) is 5.91 Å². The summed E-state index contributed by atoms with van der Waals surface area (Å²) in [7, 11) is 0. The molecule has 10 heteroatoms. The second-order valence-electron chi connectivity index (χ2n) is 4.67. The lowest BCUT2D eigenvalue weighted by Gasteiger charge is -2.10. The van der Waals surface area contributed by atoms with Crippen LogP contribution in [-0.4, -0.2) is 51.0 Å². The second kappa shape index (κ2) is 9.53. The Morgan fingerprint density at radius 3 is 2.33 bits per heavy atom. The summed E-state index contributed by atoms with van der Waals surface area (Å²) in [5, 5.41) is 18.5. The van der Waals surface area contributed by atoms with E-state index in [0.29, 0.717) is 0 Å². The van der Waals surface area contributed by atoms with Crippen LogP contribution in [0.2, 0.25) is 0 Å². The first-order valence-corrected chi connectivity index (χ1v) is 7.61. The minimum Gasteiger partial charge on any atom is -0.481 e. The average molecular weight is 355 g/mol. The molecule has 0 aliphatic carbocycles. The van der Waals surface area contributed by atoms with Crippen molar-refractivity contribution in [2.75, 3.05) is 6.54 Å². The number of carboxylic acids is 2. The number of aliphatic carboxylic acids is 2. The monoisotopic (exact) mass is 355 g/mol. The quantitative estimate of drug-likeness (QED) is 0.426. The van der Waals surface area contributed by atoms with Crippen molar-refractivity contribution < 1.29 is 29.4 Å². The molecular formula is C14H17N3O6S. The van der Waals surface area contributed by atoms with Gasteiger partial charge >= 0.3 is 18.0 Å².